The lowest BCUT2D eigenvalue weighted by Gasteiger charge is -2.18. The first-order valence-electron chi connectivity index (χ1n) is 8.53. The minimum Gasteiger partial charge on any atom is -0.338 e. The van der Waals surface area contributed by atoms with Crippen LogP contribution in [-0.4, -0.2) is 12.6 Å². The Morgan fingerprint density at radius 3 is 1.72 bits per heavy atom. The lowest BCUT2D eigenvalue weighted by Crippen LogP contribution is -2.30. The van der Waals surface area contributed by atoms with Crippen LogP contribution in [0.1, 0.15) is 23.5 Å². The molecule has 2 N–H and O–H groups in total. The Bertz CT molecular complexity index is 733. The van der Waals surface area contributed by atoms with Crippen molar-refractivity contribution < 1.29 is 4.79 Å². The van der Waals surface area contributed by atoms with Crippen molar-refractivity contribution >= 4 is 11.7 Å². The van der Waals surface area contributed by atoms with E-state index in [9.17, 15) is 4.79 Å². The van der Waals surface area contributed by atoms with E-state index in [1.807, 2.05) is 42.5 Å². The van der Waals surface area contributed by atoms with Crippen molar-refractivity contribution in [3.63, 3.8) is 0 Å². The molecule has 25 heavy (non-hydrogen) atoms. The maximum Gasteiger partial charge on any atom is 0.319 e. The number of hydrogen-bond donors (Lipinski definition) is 2. The molecule has 0 bridgehead atoms. The van der Waals surface area contributed by atoms with Crippen molar-refractivity contribution in [2.45, 2.75) is 12.3 Å². The van der Waals surface area contributed by atoms with Crippen molar-refractivity contribution in [1.82, 2.24) is 5.32 Å². The summed E-state index contributed by atoms with van der Waals surface area (Å²) in [5.41, 5.74) is 3.32. The van der Waals surface area contributed by atoms with Crippen molar-refractivity contribution in [3.05, 3.63) is 102 Å². The van der Waals surface area contributed by atoms with E-state index >= 15 is 0 Å². The zero-order valence-electron chi connectivity index (χ0n) is 14.1. The number of urea groups is 1. The number of anilines is 1. The second-order valence-corrected chi connectivity index (χ2v) is 5.91. The summed E-state index contributed by atoms with van der Waals surface area (Å²) in [4.78, 5) is 12.0. The van der Waals surface area contributed by atoms with Gasteiger partial charge in [-0.2, -0.15) is 0 Å². The molecule has 0 atom stereocenters. The predicted octanol–water partition coefficient (Wildman–Crippen LogP) is 5.03. The number of rotatable bonds is 6. The first-order valence-corrected chi connectivity index (χ1v) is 8.53. The molecule has 0 fully saturated rings. The highest BCUT2D eigenvalue weighted by atomic mass is 16.2. The van der Waals surface area contributed by atoms with Crippen LogP contribution < -0.4 is 10.6 Å². The average molecular weight is 330 g/mol. The summed E-state index contributed by atoms with van der Waals surface area (Å²) in [7, 11) is 0. The fraction of sp³-hybridized carbons (Fsp3) is 0.136. The number of nitrogens with one attached hydrogen (secondary N) is 2. The third kappa shape index (κ3) is 4.95. The summed E-state index contributed by atoms with van der Waals surface area (Å²) >= 11 is 0. The van der Waals surface area contributed by atoms with Crippen LogP contribution in [-0.2, 0) is 0 Å². The fourth-order valence-corrected chi connectivity index (χ4v) is 2.92. The van der Waals surface area contributed by atoms with Crippen LogP contribution in [0.4, 0.5) is 10.5 Å². The van der Waals surface area contributed by atoms with Gasteiger partial charge < -0.3 is 10.6 Å². The molecule has 0 unspecified atom stereocenters. The van der Waals surface area contributed by atoms with Gasteiger partial charge in [0.25, 0.3) is 0 Å². The van der Waals surface area contributed by atoms with E-state index in [1.54, 1.807) is 0 Å². The van der Waals surface area contributed by atoms with E-state index in [4.69, 9.17) is 0 Å². The Morgan fingerprint density at radius 1 is 0.720 bits per heavy atom. The summed E-state index contributed by atoms with van der Waals surface area (Å²) in [6.45, 7) is 0.604. The first-order chi connectivity index (χ1) is 12.3. The second kappa shape index (κ2) is 8.69. The zero-order valence-corrected chi connectivity index (χ0v) is 14.1. The summed E-state index contributed by atoms with van der Waals surface area (Å²) in [5, 5.41) is 5.80. The molecule has 0 aliphatic rings. The largest absolute Gasteiger partial charge is 0.338 e. The molecule has 0 saturated carbocycles. The molecule has 0 spiro atoms. The third-order valence-corrected chi connectivity index (χ3v) is 4.15. The number of benzene rings is 3. The normalized spacial score (nSPS) is 10.4. The second-order valence-electron chi connectivity index (χ2n) is 5.91. The molecule has 3 nitrogen and oxygen atoms in total. The molecule has 126 valence electrons. The van der Waals surface area contributed by atoms with Crippen LogP contribution in [0.15, 0.2) is 91.0 Å². The van der Waals surface area contributed by atoms with Crippen LogP contribution >= 0.6 is 0 Å². The van der Waals surface area contributed by atoms with Gasteiger partial charge in [0.2, 0.25) is 0 Å². The van der Waals surface area contributed by atoms with Crippen LogP contribution in [0.2, 0.25) is 0 Å². The molecule has 0 heterocycles. The van der Waals surface area contributed by atoms with E-state index in [0.717, 1.165) is 12.1 Å². The summed E-state index contributed by atoms with van der Waals surface area (Å²) in [5.74, 6) is 0.263. The highest BCUT2D eigenvalue weighted by Crippen LogP contribution is 2.27. The lowest BCUT2D eigenvalue weighted by atomic mass is 9.88. The minimum atomic E-state index is -0.175. The van der Waals surface area contributed by atoms with Crippen LogP contribution in [0, 0.1) is 0 Å². The van der Waals surface area contributed by atoms with Gasteiger partial charge in [-0.1, -0.05) is 78.9 Å². The molecule has 2 amide bonds. The van der Waals surface area contributed by atoms with E-state index in [1.165, 1.54) is 11.1 Å². The Kier molecular flexibility index (Phi) is 5.83. The zero-order chi connectivity index (χ0) is 17.3. The van der Waals surface area contributed by atoms with E-state index < -0.39 is 0 Å². The average Bonchev–Trinajstić information content (AvgIpc) is 2.67. The van der Waals surface area contributed by atoms with E-state index in [0.29, 0.717) is 6.54 Å². The predicted molar refractivity (Wildman–Crippen MR) is 103 cm³/mol. The standard InChI is InChI=1S/C22H22N2O/c25-22(24-20-14-8-3-9-15-20)23-17-16-21(18-10-4-1-5-11-18)19-12-6-2-7-13-19/h1-15,21H,16-17H2,(H2,23,24,25). The molecule has 0 saturated heterocycles. The molecular formula is C22H22N2O. The van der Waals surface area contributed by atoms with Crippen molar-refractivity contribution in [3.8, 4) is 0 Å². The highest BCUT2D eigenvalue weighted by molar-refractivity contribution is 5.89. The maximum atomic E-state index is 12.0. The SMILES string of the molecule is O=C(NCCC(c1ccccc1)c1ccccc1)Nc1ccccc1. The number of carbonyl (C=O) groups excluding carboxylic acids is 1. The molecule has 0 aliphatic carbocycles. The number of amides is 2. The molecular weight excluding hydrogens is 308 g/mol. The summed E-state index contributed by atoms with van der Waals surface area (Å²) in [6.07, 6.45) is 0.843. The smallest absolute Gasteiger partial charge is 0.319 e. The van der Waals surface area contributed by atoms with Gasteiger partial charge >= 0.3 is 6.03 Å². The van der Waals surface area contributed by atoms with Gasteiger partial charge in [0.15, 0.2) is 0 Å². The van der Waals surface area contributed by atoms with E-state index in [2.05, 4.69) is 59.2 Å². The van der Waals surface area contributed by atoms with Gasteiger partial charge in [-0.25, -0.2) is 4.79 Å². The quantitative estimate of drug-likeness (QED) is 0.654. The van der Waals surface area contributed by atoms with Gasteiger partial charge in [-0.05, 0) is 29.7 Å². The van der Waals surface area contributed by atoms with Gasteiger partial charge in [0.1, 0.15) is 0 Å². The van der Waals surface area contributed by atoms with E-state index in [-0.39, 0.29) is 11.9 Å². The number of para-hydroxylation sites is 1. The Balaban J connectivity index is 1.61. The monoisotopic (exact) mass is 330 g/mol. The molecule has 0 aromatic heterocycles. The third-order valence-electron chi connectivity index (χ3n) is 4.15. The maximum absolute atomic E-state index is 12.0. The van der Waals surface area contributed by atoms with Crippen LogP contribution in [0.25, 0.3) is 0 Å². The lowest BCUT2D eigenvalue weighted by molar-refractivity contribution is 0.252. The van der Waals surface area contributed by atoms with Crippen LogP contribution in [0.3, 0.4) is 0 Å². The Labute approximate surface area is 148 Å². The molecule has 3 rings (SSSR count). The van der Waals surface area contributed by atoms with Crippen LogP contribution in [0.5, 0.6) is 0 Å². The fourth-order valence-electron chi connectivity index (χ4n) is 2.92. The number of carbonyl (C=O) groups is 1. The van der Waals surface area contributed by atoms with Gasteiger partial charge in [0, 0.05) is 18.2 Å². The highest BCUT2D eigenvalue weighted by Gasteiger charge is 2.14. The van der Waals surface area contributed by atoms with Gasteiger partial charge in [0.05, 0.1) is 0 Å². The minimum absolute atomic E-state index is 0.175. The molecule has 3 aromatic rings. The summed E-state index contributed by atoms with van der Waals surface area (Å²) < 4.78 is 0. The number of hydrogen-bond acceptors (Lipinski definition) is 1. The first kappa shape index (κ1) is 16.8. The molecule has 0 aliphatic heterocycles. The Hall–Kier alpha value is -3.07. The molecule has 3 aromatic carbocycles. The van der Waals surface area contributed by atoms with Crippen molar-refractivity contribution in [2.75, 3.05) is 11.9 Å². The Morgan fingerprint density at radius 2 is 1.20 bits per heavy atom. The summed E-state index contributed by atoms with van der Waals surface area (Å²) in [6, 6.07) is 30.1. The van der Waals surface area contributed by atoms with Gasteiger partial charge in [-0.15, -0.1) is 0 Å². The molecule has 3 heteroatoms. The molecule has 0 radical (unpaired) electrons. The van der Waals surface area contributed by atoms with Crippen molar-refractivity contribution in [1.29, 1.82) is 0 Å². The van der Waals surface area contributed by atoms with Crippen molar-refractivity contribution in [2.24, 2.45) is 0 Å². The van der Waals surface area contributed by atoms with Gasteiger partial charge in [-0.3, -0.25) is 0 Å². The topological polar surface area (TPSA) is 41.1 Å².